The molecule has 0 saturated heterocycles. The monoisotopic (exact) mass is 275 g/mol. The normalized spacial score (nSPS) is 12.4. The number of aromatic hydroxyl groups is 1. The molecule has 0 fully saturated rings. The Balaban J connectivity index is 2.04. The SMILES string of the molecule is Cc1ccc(O)c(CNC(C)c2cccc(Cl)c2)c1. The molecule has 0 aliphatic heterocycles. The van der Waals surface area contributed by atoms with E-state index in [9.17, 15) is 5.11 Å². The lowest BCUT2D eigenvalue weighted by Crippen LogP contribution is -2.18. The molecule has 3 heteroatoms. The van der Waals surface area contributed by atoms with Gasteiger partial charge in [0.1, 0.15) is 5.75 Å². The van der Waals surface area contributed by atoms with E-state index in [1.54, 1.807) is 6.07 Å². The van der Waals surface area contributed by atoms with E-state index in [1.807, 2.05) is 43.3 Å². The van der Waals surface area contributed by atoms with Crippen LogP contribution in [0, 0.1) is 6.92 Å². The number of hydrogen-bond donors (Lipinski definition) is 2. The number of benzene rings is 2. The van der Waals surface area contributed by atoms with Crippen LogP contribution in [-0.4, -0.2) is 5.11 Å². The fourth-order valence-corrected chi connectivity index (χ4v) is 2.21. The molecule has 0 bridgehead atoms. The quantitative estimate of drug-likeness (QED) is 0.876. The summed E-state index contributed by atoms with van der Waals surface area (Å²) >= 11 is 5.98. The van der Waals surface area contributed by atoms with Crippen LogP contribution in [0.2, 0.25) is 5.02 Å². The molecule has 0 amide bonds. The molecule has 19 heavy (non-hydrogen) atoms. The minimum absolute atomic E-state index is 0.179. The summed E-state index contributed by atoms with van der Waals surface area (Å²) in [5.41, 5.74) is 3.19. The molecule has 2 rings (SSSR count). The number of aryl methyl sites for hydroxylation is 1. The lowest BCUT2D eigenvalue weighted by molar-refractivity contribution is 0.460. The Morgan fingerprint density at radius 3 is 2.74 bits per heavy atom. The van der Waals surface area contributed by atoms with Crippen molar-refractivity contribution in [2.45, 2.75) is 26.4 Å². The molecule has 2 N–H and O–H groups in total. The van der Waals surface area contributed by atoms with Gasteiger partial charge in [-0.2, -0.15) is 0 Å². The summed E-state index contributed by atoms with van der Waals surface area (Å²) in [7, 11) is 0. The Kier molecular flexibility index (Phi) is 4.46. The Morgan fingerprint density at radius 1 is 1.21 bits per heavy atom. The van der Waals surface area contributed by atoms with Crippen molar-refractivity contribution in [3.05, 3.63) is 64.2 Å². The zero-order valence-corrected chi connectivity index (χ0v) is 11.9. The molecule has 1 atom stereocenters. The van der Waals surface area contributed by atoms with E-state index >= 15 is 0 Å². The molecule has 0 heterocycles. The number of nitrogens with one attached hydrogen (secondary N) is 1. The highest BCUT2D eigenvalue weighted by Crippen LogP contribution is 2.21. The smallest absolute Gasteiger partial charge is 0.120 e. The summed E-state index contributed by atoms with van der Waals surface area (Å²) in [4.78, 5) is 0. The van der Waals surface area contributed by atoms with E-state index in [1.165, 1.54) is 0 Å². The first kappa shape index (κ1) is 13.9. The van der Waals surface area contributed by atoms with Crippen molar-refractivity contribution in [1.82, 2.24) is 5.32 Å². The maximum absolute atomic E-state index is 9.80. The van der Waals surface area contributed by atoms with E-state index in [-0.39, 0.29) is 6.04 Å². The number of halogens is 1. The highest BCUT2D eigenvalue weighted by atomic mass is 35.5. The summed E-state index contributed by atoms with van der Waals surface area (Å²) in [6.07, 6.45) is 0. The molecule has 0 aliphatic rings. The van der Waals surface area contributed by atoms with Crippen molar-refractivity contribution in [2.75, 3.05) is 0 Å². The van der Waals surface area contributed by atoms with Crippen LogP contribution in [0.1, 0.15) is 29.7 Å². The summed E-state index contributed by atoms with van der Waals surface area (Å²) in [6.45, 7) is 4.73. The van der Waals surface area contributed by atoms with Gasteiger partial charge in [-0.1, -0.05) is 41.4 Å². The van der Waals surface area contributed by atoms with Crippen molar-refractivity contribution in [3.8, 4) is 5.75 Å². The molecule has 1 unspecified atom stereocenters. The van der Waals surface area contributed by atoms with Gasteiger partial charge in [0.2, 0.25) is 0 Å². The van der Waals surface area contributed by atoms with Gasteiger partial charge in [0.25, 0.3) is 0 Å². The minimum Gasteiger partial charge on any atom is -0.508 e. The number of hydrogen-bond acceptors (Lipinski definition) is 2. The van der Waals surface area contributed by atoms with Crippen molar-refractivity contribution in [2.24, 2.45) is 0 Å². The van der Waals surface area contributed by atoms with Crippen LogP contribution in [0.25, 0.3) is 0 Å². The molecule has 0 aliphatic carbocycles. The second kappa shape index (κ2) is 6.09. The van der Waals surface area contributed by atoms with Gasteiger partial charge in [0.05, 0.1) is 0 Å². The molecule has 0 aromatic heterocycles. The second-order valence-electron chi connectivity index (χ2n) is 4.79. The topological polar surface area (TPSA) is 32.3 Å². The lowest BCUT2D eigenvalue weighted by atomic mass is 10.1. The van der Waals surface area contributed by atoms with E-state index in [4.69, 9.17) is 11.6 Å². The summed E-state index contributed by atoms with van der Waals surface area (Å²) in [6, 6.07) is 13.6. The van der Waals surface area contributed by atoms with Crippen LogP contribution in [0.15, 0.2) is 42.5 Å². The van der Waals surface area contributed by atoms with Gasteiger partial charge in [-0.3, -0.25) is 0 Å². The molecule has 2 nitrogen and oxygen atoms in total. The first-order valence-corrected chi connectivity index (χ1v) is 6.71. The molecular weight excluding hydrogens is 258 g/mol. The predicted molar refractivity (Wildman–Crippen MR) is 79.6 cm³/mol. The van der Waals surface area contributed by atoms with Crippen LogP contribution < -0.4 is 5.32 Å². The standard InChI is InChI=1S/C16H18ClNO/c1-11-6-7-16(19)14(8-11)10-18-12(2)13-4-3-5-15(17)9-13/h3-9,12,18-19H,10H2,1-2H3. The maximum Gasteiger partial charge on any atom is 0.120 e. The van der Waals surface area contributed by atoms with E-state index in [0.717, 1.165) is 21.7 Å². The summed E-state index contributed by atoms with van der Waals surface area (Å²) in [5.74, 6) is 0.330. The van der Waals surface area contributed by atoms with Gasteiger partial charge >= 0.3 is 0 Å². The first-order chi connectivity index (χ1) is 9.06. The van der Waals surface area contributed by atoms with Crippen molar-refractivity contribution in [3.63, 3.8) is 0 Å². The second-order valence-corrected chi connectivity index (χ2v) is 5.23. The Hall–Kier alpha value is -1.51. The molecule has 0 saturated carbocycles. The zero-order valence-electron chi connectivity index (χ0n) is 11.2. The van der Waals surface area contributed by atoms with Crippen LogP contribution in [0.3, 0.4) is 0 Å². The highest BCUT2D eigenvalue weighted by Gasteiger charge is 2.07. The predicted octanol–water partition coefficient (Wildman–Crippen LogP) is 4.20. The van der Waals surface area contributed by atoms with E-state index < -0.39 is 0 Å². The number of rotatable bonds is 4. The minimum atomic E-state index is 0.179. The third-order valence-corrected chi connectivity index (χ3v) is 3.42. The Bertz CT molecular complexity index is 568. The van der Waals surface area contributed by atoms with Crippen molar-refractivity contribution < 1.29 is 5.11 Å². The summed E-state index contributed by atoms with van der Waals surface area (Å²) in [5, 5.41) is 13.9. The van der Waals surface area contributed by atoms with Gasteiger partial charge in [-0.15, -0.1) is 0 Å². The molecule has 0 spiro atoms. The average molecular weight is 276 g/mol. The van der Waals surface area contributed by atoms with Crippen LogP contribution in [-0.2, 0) is 6.54 Å². The van der Waals surface area contributed by atoms with Crippen molar-refractivity contribution >= 4 is 11.6 Å². The van der Waals surface area contributed by atoms with Crippen LogP contribution in [0.5, 0.6) is 5.75 Å². The van der Waals surface area contributed by atoms with Gasteiger partial charge in [0, 0.05) is 23.2 Å². The van der Waals surface area contributed by atoms with E-state index in [0.29, 0.717) is 12.3 Å². The molecule has 2 aromatic carbocycles. The fourth-order valence-electron chi connectivity index (χ4n) is 2.01. The van der Waals surface area contributed by atoms with Gasteiger partial charge < -0.3 is 10.4 Å². The molecular formula is C16H18ClNO. The third kappa shape index (κ3) is 3.72. The molecule has 0 radical (unpaired) electrons. The maximum atomic E-state index is 9.80. The van der Waals surface area contributed by atoms with Gasteiger partial charge in [-0.05, 0) is 37.6 Å². The lowest BCUT2D eigenvalue weighted by Gasteiger charge is -2.15. The number of phenolic OH excluding ortho intramolecular Hbond substituents is 1. The Morgan fingerprint density at radius 2 is 2.00 bits per heavy atom. The van der Waals surface area contributed by atoms with Crippen LogP contribution in [0.4, 0.5) is 0 Å². The molecule has 2 aromatic rings. The first-order valence-electron chi connectivity index (χ1n) is 6.33. The average Bonchev–Trinajstić information content (AvgIpc) is 2.39. The summed E-state index contributed by atoms with van der Waals surface area (Å²) < 4.78 is 0. The largest absolute Gasteiger partial charge is 0.508 e. The molecule has 100 valence electrons. The van der Waals surface area contributed by atoms with Gasteiger partial charge in [-0.25, -0.2) is 0 Å². The number of phenols is 1. The highest BCUT2D eigenvalue weighted by molar-refractivity contribution is 6.30. The van der Waals surface area contributed by atoms with E-state index in [2.05, 4.69) is 12.2 Å². The van der Waals surface area contributed by atoms with Gasteiger partial charge in [0.15, 0.2) is 0 Å². The Labute approximate surface area is 119 Å². The van der Waals surface area contributed by atoms with Crippen LogP contribution >= 0.6 is 11.6 Å². The fraction of sp³-hybridized carbons (Fsp3) is 0.250. The zero-order chi connectivity index (χ0) is 13.8. The third-order valence-electron chi connectivity index (χ3n) is 3.18. The van der Waals surface area contributed by atoms with Crippen molar-refractivity contribution in [1.29, 1.82) is 0 Å².